The molecular formula is C11H15FO. The van der Waals surface area contributed by atoms with Gasteiger partial charge in [0.15, 0.2) is 0 Å². The molecule has 13 heavy (non-hydrogen) atoms. The fourth-order valence-corrected chi connectivity index (χ4v) is 1.43. The Bertz CT molecular complexity index is 294. The van der Waals surface area contributed by atoms with Gasteiger partial charge >= 0.3 is 0 Å². The fraction of sp³-hybridized carbons (Fsp3) is 0.455. The van der Waals surface area contributed by atoms with Gasteiger partial charge in [-0.25, -0.2) is 4.39 Å². The second kappa shape index (κ2) is 4.38. The molecule has 0 amide bonds. The largest absolute Gasteiger partial charge is 0.396 e. The molecule has 0 saturated carbocycles. The van der Waals surface area contributed by atoms with Crippen molar-refractivity contribution in [3.05, 3.63) is 34.6 Å². The second-order valence-corrected chi connectivity index (χ2v) is 3.20. The van der Waals surface area contributed by atoms with E-state index in [9.17, 15) is 4.39 Å². The molecule has 1 nitrogen and oxygen atoms in total. The fourth-order valence-electron chi connectivity index (χ4n) is 1.43. The van der Waals surface area contributed by atoms with E-state index in [0.29, 0.717) is 12.8 Å². The molecule has 0 atom stereocenters. The predicted molar refractivity (Wildman–Crippen MR) is 51.3 cm³/mol. The lowest BCUT2D eigenvalue weighted by atomic mass is 10.0. The molecule has 1 rings (SSSR count). The first-order chi connectivity index (χ1) is 6.19. The maximum absolute atomic E-state index is 13.2. The maximum atomic E-state index is 13.2. The summed E-state index contributed by atoms with van der Waals surface area (Å²) in [5.41, 5.74) is 2.69. The van der Waals surface area contributed by atoms with Crippen molar-refractivity contribution in [2.75, 3.05) is 6.61 Å². The SMILES string of the molecule is CCc1cc(CCO)c(C)cc1F. The van der Waals surface area contributed by atoms with Gasteiger partial charge in [-0.15, -0.1) is 0 Å². The van der Waals surface area contributed by atoms with Crippen molar-refractivity contribution in [1.29, 1.82) is 0 Å². The minimum atomic E-state index is -0.137. The molecule has 0 aliphatic rings. The highest BCUT2D eigenvalue weighted by atomic mass is 19.1. The molecule has 0 spiro atoms. The van der Waals surface area contributed by atoms with Gasteiger partial charge in [0, 0.05) is 6.61 Å². The van der Waals surface area contributed by atoms with Crippen LogP contribution in [0.3, 0.4) is 0 Å². The van der Waals surface area contributed by atoms with Gasteiger partial charge in [-0.05, 0) is 42.5 Å². The third-order valence-electron chi connectivity index (χ3n) is 2.27. The normalized spacial score (nSPS) is 10.5. The summed E-state index contributed by atoms with van der Waals surface area (Å²) in [5, 5.41) is 8.78. The Kier molecular flexibility index (Phi) is 3.43. The van der Waals surface area contributed by atoms with E-state index in [2.05, 4.69) is 0 Å². The number of hydrogen-bond donors (Lipinski definition) is 1. The summed E-state index contributed by atoms with van der Waals surface area (Å²) in [5.74, 6) is -0.137. The van der Waals surface area contributed by atoms with Crippen molar-refractivity contribution >= 4 is 0 Å². The van der Waals surface area contributed by atoms with Gasteiger partial charge in [0.05, 0.1) is 0 Å². The maximum Gasteiger partial charge on any atom is 0.126 e. The van der Waals surface area contributed by atoms with Crippen LogP contribution in [0.1, 0.15) is 23.6 Å². The van der Waals surface area contributed by atoms with Crippen molar-refractivity contribution in [2.45, 2.75) is 26.7 Å². The van der Waals surface area contributed by atoms with Gasteiger partial charge < -0.3 is 5.11 Å². The number of halogens is 1. The van der Waals surface area contributed by atoms with Crippen LogP contribution in [-0.4, -0.2) is 11.7 Å². The zero-order valence-electron chi connectivity index (χ0n) is 8.10. The number of aliphatic hydroxyl groups excluding tert-OH is 1. The first kappa shape index (κ1) is 10.2. The first-order valence-corrected chi connectivity index (χ1v) is 4.57. The van der Waals surface area contributed by atoms with Gasteiger partial charge in [0.1, 0.15) is 5.82 Å². The van der Waals surface area contributed by atoms with Crippen LogP contribution in [0.15, 0.2) is 12.1 Å². The molecule has 2 heteroatoms. The molecule has 1 aromatic rings. The highest BCUT2D eigenvalue weighted by Crippen LogP contribution is 2.16. The zero-order chi connectivity index (χ0) is 9.84. The number of aryl methyl sites for hydroxylation is 2. The van der Waals surface area contributed by atoms with Gasteiger partial charge in [0.25, 0.3) is 0 Å². The van der Waals surface area contributed by atoms with Gasteiger partial charge in [-0.2, -0.15) is 0 Å². The van der Waals surface area contributed by atoms with E-state index >= 15 is 0 Å². The van der Waals surface area contributed by atoms with Crippen molar-refractivity contribution < 1.29 is 9.50 Å². The Morgan fingerprint density at radius 1 is 1.31 bits per heavy atom. The van der Waals surface area contributed by atoms with E-state index in [-0.39, 0.29) is 12.4 Å². The topological polar surface area (TPSA) is 20.2 Å². The molecule has 0 bridgehead atoms. The van der Waals surface area contributed by atoms with Crippen LogP contribution in [0.4, 0.5) is 4.39 Å². The minimum absolute atomic E-state index is 0.121. The highest BCUT2D eigenvalue weighted by molar-refractivity contribution is 5.32. The Morgan fingerprint density at radius 2 is 2.00 bits per heavy atom. The van der Waals surface area contributed by atoms with Gasteiger partial charge in [0.2, 0.25) is 0 Å². The smallest absolute Gasteiger partial charge is 0.126 e. The van der Waals surface area contributed by atoms with Crippen molar-refractivity contribution in [3.8, 4) is 0 Å². The van der Waals surface area contributed by atoms with Crippen molar-refractivity contribution in [2.24, 2.45) is 0 Å². The monoisotopic (exact) mass is 182 g/mol. The van der Waals surface area contributed by atoms with E-state index < -0.39 is 0 Å². The average Bonchev–Trinajstić information content (AvgIpc) is 2.10. The number of rotatable bonds is 3. The Hall–Kier alpha value is -0.890. The molecule has 1 N–H and O–H groups in total. The first-order valence-electron chi connectivity index (χ1n) is 4.57. The van der Waals surface area contributed by atoms with E-state index in [1.54, 1.807) is 6.07 Å². The van der Waals surface area contributed by atoms with Gasteiger partial charge in [-0.3, -0.25) is 0 Å². The van der Waals surface area contributed by atoms with E-state index in [4.69, 9.17) is 5.11 Å². The minimum Gasteiger partial charge on any atom is -0.396 e. The molecule has 0 aliphatic carbocycles. The summed E-state index contributed by atoms with van der Waals surface area (Å²) in [6.45, 7) is 3.92. The summed E-state index contributed by atoms with van der Waals surface area (Å²) in [4.78, 5) is 0. The van der Waals surface area contributed by atoms with E-state index in [1.165, 1.54) is 0 Å². The lowest BCUT2D eigenvalue weighted by Gasteiger charge is -2.07. The van der Waals surface area contributed by atoms with Crippen molar-refractivity contribution in [1.82, 2.24) is 0 Å². The molecule has 0 saturated heterocycles. The molecule has 1 aromatic carbocycles. The molecule has 0 radical (unpaired) electrons. The number of hydrogen-bond acceptors (Lipinski definition) is 1. The molecule has 0 aliphatic heterocycles. The molecule has 72 valence electrons. The van der Waals surface area contributed by atoms with Crippen LogP contribution in [0.25, 0.3) is 0 Å². The molecule has 0 unspecified atom stereocenters. The van der Waals surface area contributed by atoms with E-state index in [0.717, 1.165) is 16.7 Å². The number of benzene rings is 1. The Morgan fingerprint density at radius 3 is 2.54 bits per heavy atom. The summed E-state index contributed by atoms with van der Waals surface area (Å²) in [6.07, 6.45) is 1.31. The highest BCUT2D eigenvalue weighted by Gasteiger charge is 2.04. The average molecular weight is 182 g/mol. The van der Waals surface area contributed by atoms with Gasteiger partial charge in [-0.1, -0.05) is 13.0 Å². The van der Waals surface area contributed by atoms with Crippen LogP contribution < -0.4 is 0 Å². The standard InChI is InChI=1S/C11H15FO/c1-3-9-7-10(4-5-13)8(2)6-11(9)12/h6-7,13H,3-5H2,1-2H3. The molecule has 0 aromatic heterocycles. The summed E-state index contributed by atoms with van der Waals surface area (Å²) < 4.78 is 13.2. The number of aliphatic hydroxyl groups is 1. The summed E-state index contributed by atoms with van der Waals surface area (Å²) in [7, 11) is 0. The quantitative estimate of drug-likeness (QED) is 0.760. The zero-order valence-corrected chi connectivity index (χ0v) is 8.10. The third kappa shape index (κ3) is 2.28. The lowest BCUT2D eigenvalue weighted by Crippen LogP contribution is -1.98. The summed E-state index contributed by atoms with van der Waals surface area (Å²) in [6, 6.07) is 3.39. The van der Waals surface area contributed by atoms with Crippen LogP contribution in [0, 0.1) is 12.7 Å². The predicted octanol–water partition coefficient (Wildman–Crippen LogP) is 2.23. The third-order valence-corrected chi connectivity index (χ3v) is 2.27. The second-order valence-electron chi connectivity index (χ2n) is 3.20. The Labute approximate surface area is 78.2 Å². The Balaban J connectivity index is 3.06. The van der Waals surface area contributed by atoms with Crippen LogP contribution in [0.2, 0.25) is 0 Å². The molecule has 0 fully saturated rings. The van der Waals surface area contributed by atoms with Crippen LogP contribution >= 0.6 is 0 Å². The van der Waals surface area contributed by atoms with Crippen molar-refractivity contribution in [3.63, 3.8) is 0 Å². The lowest BCUT2D eigenvalue weighted by molar-refractivity contribution is 0.299. The van der Waals surface area contributed by atoms with Crippen LogP contribution in [0.5, 0.6) is 0 Å². The molecular weight excluding hydrogens is 167 g/mol. The molecule has 0 heterocycles. The van der Waals surface area contributed by atoms with E-state index in [1.807, 2.05) is 19.9 Å². The summed E-state index contributed by atoms with van der Waals surface area (Å²) >= 11 is 0. The van der Waals surface area contributed by atoms with Crippen LogP contribution in [-0.2, 0) is 12.8 Å².